The van der Waals surface area contributed by atoms with Gasteiger partial charge in [-0.3, -0.25) is 0 Å². The van der Waals surface area contributed by atoms with Crippen LogP contribution in [-0.4, -0.2) is 13.1 Å². The molecule has 0 aromatic heterocycles. The molecule has 3 nitrogen and oxygen atoms in total. The molecule has 66 valence electrons. The maximum absolute atomic E-state index is 11.0. The van der Waals surface area contributed by atoms with Crippen LogP contribution in [0, 0.1) is 6.57 Å². The van der Waals surface area contributed by atoms with Crippen molar-refractivity contribution in [3.63, 3.8) is 0 Å². The molecule has 0 aliphatic heterocycles. The van der Waals surface area contributed by atoms with Crippen molar-refractivity contribution < 1.29 is 9.53 Å². The Morgan fingerprint density at radius 3 is 2.54 bits per heavy atom. The monoisotopic (exact) mass is 176 g/mol. The number of hydrogen-bond donors (Lipinski definition) is 0. The predicted octanol–water partition coefficient (Wildman–Crippen LogP) is 1.94. The Kier molecular flexibility index (Phi) is 3.04. The van der Waals surface area contributed by atoms with E-state index < -0.39 is 0 Å². The number of methoxy groups -OCH3 is 1. The number of carbonyl (C=O) groups is 1. The third-order valence-electron chi connectivity index (χ3n) is 1.65. The van der Waals surface area contributed by atoms with Crippen molar-refractivity contribution in [1.82, 2.24) is 0 Å². The van der Waals surface area contributed by atoms with Crippen LogP contribution < -0.4 is 0 Å². The van der Waals surface area contributed by atoms with E-state index in [1.165, 1.54) is 7.11 Å². The van der Waals surface area contributed by atoms with Crippen LogP contribution in [0.1, 0.15) is 15.9 Å². The second-order valence-corrected chi connectivity index (χ2v) is 2.53. The van der Waals surface area contributed by atoms with Crippen LogP contribution in [0.5, 0.6) is 0 Å². The molecule has 0 atom stereocenters. The summed E-state index contributed by atoms with van der Waals surface area (Å²) < 4.78 is 4.55. The normalized spacial score (nSPS) is 8.92. The van der Waals surface area contributed by atoms with Gasteiger partial charge in [-0.2, -0.15) is 0 Å². The van der Waals surface area contributed by atoms with E-state index >= 15 is 0 Å². The number of esters is 1. The molecule has 3 heteroatoms. The van der Waals surface area contributed by atoms with Gasteiger partial charge in [0.25, 0.3) is 13.1 Å². The molecule has 0 radical (unpaired) electrons. The molecular weight excluding hydrogens is 166 g/mol. The third kappa shape index (κ3) is 2.31. The lowest BCUT2D eigenvalue weighted by atomic mass is 10.1. The van der Waals surface area contributed by atoms with Crippen molar-refractivity contribution in [3.8, 4) is 6.57 Å². The molecule has 1 aromatic carbocycles. The van der Waals surface area contributed by atoms with Crippen molar-refractivity contribution in [2.24, 2.45) is 0 Å². The average molecular weight is 176 g/mol. The highest BCUT2D eigenvalue weighted by atomic mass is 16.5. The maximum Gasteiger partial charge on any atom is 0.337 e. The fourth-order valence-electron chi connectivity index (χ4n) is 0.969. The van der Waals surface area contributed by atoms with Crippen molar-refractivity contribution in [3.05, 3.63) is 40.2 Å². The van der Waals surface area contributed by atoms with Crippen molar-refractivity contribution in [1.29, 1.82) is 0 Å². The standard InChI is InChI=1S/C10H10NO2/c1-11-7-8-3-5-9(6-4-8)10(12)13-2/h1,3-6H,7H2,2H3/q+1. The first-order valence-corrected chi connectivity index (χ1v) is 3.82. The molecule has 13 heavy (non-hydrogen) atoms. The van der Waals surface area contributed by atoms with Gasteiger partial charge in [-0.25, -0.2) is 4.79 Å². The van der Waals surface area contributed by atoms with E-state index in [4.69, 9.17) is 6.57 Å². The van der Waals surface area contributed by atoms with E-state index in [1.807, 2.05) is 0 Å². The Morgan fingerprint density at radius 1 is 1.46 bits per heavy atom. The Labute approximate surface area is 76.8 Å². The Hall–Kier alpha value is -1.82. The molecule has 0 saturated carbocycles. The highest BCUT2D eigenvalue weighted by Crippen LogP contribution is 2.06. The molecular formula is C10H10NO2+. The summed E-state index contributed by atoms with van der Waals surface area (Å²) in [5.41, 5.74) is 1.50. The molecule has 0 aliphatic rings. The van der Waals surface area contributed by atoms with Crippen LogP contribution in [0.15, 0.2) is 24.3 Å². The Balaban J connectivity index is 2.82. The first-order chi connectivity index (χ1) is 6.27. The van der Waals surface area contributed by atoms with E-state index in [9.17, 15) is 4.79 Å². The first-order valence-electron chi connectivity index (χ1n) is 3.82. The predicted molar refractivity (Wildman–Crippen MR) is 49.8 cm³/mol. The van der Waals surface area contributed by atoms with Crippen molar-refractivity contribution in [2.45, 2.75) is 6.54 Å². The number of carbonyl (C=O) groups excluding carboxylic acids is 1. The summed E-state index contributed by atoms with van der Waals surface area (Å²) >= 11 is 0. The summed E-state index contributed by atoms with van der Waals surface area (Å²) in [5, 5.41) is 0. The molecule has 1 aromatic rings. The molecule has 0 saturated heterocycles. The topological polar surface area (TPSA) is 30.7 Å². The van der Waals surface area contributed by atoms with Gasteiger partial charge in [0, 0.05) is 5.56 Å². The second-order valence-electron chi connectivity index (χ2n) is 2.53. The zero-order chi connectivity index (χ0) is 9.68. The summed E-state index contributed by atoms with van der Waals surface area (Å²) in [4.78, 5) is 14.5. The summed E-state index contributed by atoms with van der Waals surface area (Å²) in [6, 6.07) is 6.96. The molecule has 0 aliphatic carbocycles. The molecule has 0 amide bonds. The summed E-state index contributed by atoms with van der Waals surface area (Å²) in [5.74, 6) is -0.337. The highest BCUT2D eigenvalue weighted by Gasteiger charge is 2.04. The second kappa shape index (κ2) is 4.27. The van der Waals surface area contributed by atoms with Crippen LogP contribution in [0.3, 0.4) is 0 Å². The van der Waals surface area contributed by atoms with Gasteiger partial charge < -0.3 is 4.74 Å². The fourth-order valence-corrected chi connectivity index (χ4v) is 0.969. The number of hydrogen-bond acceptors (Lipinski definition) is 2. The molecule has 0 heterocycles. The number of nitrogens with zero attached hydrogens (tertiary/aromatic N) is 1. The van der Waals surface area contributed by atoms with Gasteiger partial charge in [-0.15, -0.1) is 0 Å². The van der Waals surface area contributed by atoms with Crippen molar-refractivity contribution >= 4 is 5.97 Å². The lowest BCUT2D eigenvalue weighted by molar-refractivity contribution is 0.0601. The van der Waals surface area contributed by atoms with Gasteiger partial charge in [0.05, 0.1) is 12.7 Å². The average Bonchev–Trinajstić information content (AvgIpc) is 2.18. The smallest absolute Gasteiger partial charge is 0.337 e. The van der Waals surface area contributed by atoms with Gasteiger partial charge >= 0.3 is 5.97 Å². The van der Waals surface area contributed by atoms with E-state index in [1.54, 1.807) is 24.3 Å². The minimum Gasteiger partial charge on any atom is -0.465 e. The first kappa shape index (κ1) is 9.27. The number of ether oxygens (including phenoxy) is 1. The third-order valence-corrected chi connectivity index (χ3v) is 1.65. The lowest BCUT2D eigenvalue weighted by Gasteiger charge is -1.97. The maximum atomic E-state index is 11.0. The van der Waals surface area contributed by atoms with Gasteiger partial charge in [0.1, 0.15) is 0 Å². The van der Waals surface area contributed by atoms with E-state index in [2.05, 4.69) is 9.58 Å². The Bertz CT molecular complexity index is 335. The summed E-state index contributed by atoms with van der Waals surface area (Å²) in [7, 11) is 1.35. The molecule has 0 unspecified atom stereocenters. The van der Waals surface area contributed by atoms with Gasteiger partial charge in [0.2, 0.25) is 0 Å². The van der Waals surface area contributed by atoms with Crippen LogP contribution in [0.4, 0.5) is 0 Å². The summed E-state index contributed by atoms with van der Waals surface area (Å²) in [6.07, 6.45) is 0. The number of benzene rings is 1. The molecule has 0 N–H and O–H groups in total. The van der Waals surface area contributed by atoms with E-state index in [0.29, 0.717) is 12.1 Å². The van der Waals surface area contributed by atoms with Gasteiger partial charge in [-0.1, -0.05) is 17.0 Å². The Morgan fingerprint density at radius 2 is 2.08 bits per heavy atom. The van der Waals surface area contributed by atoms with Crippen LogP contribution in [0.2, 0.25) is 0 Å². The van der Waals surface area contributed by atoms with Crippen LogP contribution >= 0.6 is 0 Å². The van der Waals surface area contributed by atoms with Gasteiger partial charge in [0.15, 0.2) is 0 Å². The van der Waals surface area contributed by atoms with Crippen LogP contribution in [0.25, 0.3) is 4.85 Å². The molecule has 0 spiro atoms. The summed E-state index contributed by atoms with van der Waals surface area (Å²) in [6.45, 7) is 5.48. The van der Waals surface area contributed by atoms with Gasteiger partial charge in [-0.05, 0) is 12.1 Å². The highest BCUT2D eigenvalue weighted by molar-refractivity contribution is 5.89. The largest absolute Gasteiger partial charge is 0.465 e. The zero-order valence-corrected chi connectivity index (χ0v) is 7.36. The quantitative estimate of drug-likeness (QED) is 0.644. The molecule has 0 bridgehead atoms. The van der Waals surface area contributed by atoms with E-state index in [-0.39, 0.29) is 5.97 Å². The number of rotatable bonds is 2. The van der Waals surface area contributed by atoms with E-state index in [0.717, 1.165) is 5.56 Å². The zero-order valence-electron chi connectivity index (χ0n) is 7.36. The fraction of sp³-hybridized carbons (Fsp3) is 0.200. The van der Waals surface area contributed by atoms with Crippen molar-refractivity contribution in [2.75, 3.05) is 7.11 Å². The minimum atomic E-state index is -0.337. The molecule has 1 rings (SSSR count). The minimum absolute atomic E-state index is 0.337. The molecule has 0 fully saturated rings. The van der Waals surface area contributed by atoms with Crippen LogP contribution in [-0.2, 0) is 11.3 Å². The lowest BCUT2D eigenvalue weighted by Crippen LogP contribution is -2.00. The SMILES string of the molecule is C#[N+]Cc1ccc(C(=O)OC)cc1.